The first-order chi connectivity index (χ1) is 28.2. The summed E-state index contributed by atoms with van der Waals surface area (Å²) in [6, 6.07) is 69.9. The van der Waals surface area contributed by atoms with Crippen LogP contribution < -0.4 is 0 Å². The Hall–Kier alpha value is -7.69. The summed E-state index contributed by atoms with van der Waals surface area (Å²) in [5.41, 5.74) is 11.5. The van der Waals surface area contributed by atoms with Gasteiger partial charge in [0.15, 0.2) is 17.5 Å². The third-order valence-corrected chi connectivity index (χ3v) is 11.0. The molecule has 2 heterocycles. The van der Waals surface area contributed by atoms with Gasteiger partial charge in [0.1, 0.15) is 11.2 Å². The van der Waals surface area contributed by atoms with Crippen LogP contribution in [0.1, 0.15) is 0 Å². The second-order valence-electron chi connectivity index (χ2n) is 14.3. The van der Waals surface area contributed by atoms with Gasteiger partial charge < -0.3 is 4.42 Å². The van der Waals surface area contributed by atoms with E-state index in [1.54, 1.807) is 0 Å². The molecule has 0 aliphatic heterocycles. The van der Waals surface area contributed by atoms with Crippen molar-refractivity contribution < 1.29 is 4.42 Å². The summed E-state index contributed by atoms with van der Waals surface area (Å²) in [6.07, 6.45) is 0. The van der Waals surface area contributed by atoms with Gasteiger partial charge in [-0.15, -0.1) is 0 Å². The molecule has 11 rings (SSSR count). The molecule has 11 aromatic rings. The zero-order valence-corrected chi connectivity index (χ0v) is 30.8. The minimum absolute atomic E-state index is 0.622. The van der Waals surface area contributed by atoms with E-state index in [1.165, 1.54) is 22.1 Å². The zero-order chi connectivity index (χ0) is 37.7. The van der Waals surface area contributed by atoms with Crippen molar-refractivity contribution in [2.45, 2.75) is 0 Å². The molecular formula is C53H33N3O. The van der Waals surface area contributed by atoms with E-state index in [0.717, 1.165) is 71.5 Å². The van der Waals surface area contributed by atoms with E-state index >= 15 is 0 Å². The van der Waals surface area contributed by atoms with Crippen LogP contribution in [0.15, 0.2) is 205 Å². The van der Waals surface area contributed by atoms with Crippen LogP contribution in [0.5, 0.6) is 0 Å². The predicted molar refractivity (Wildman–Crippen MR) is 235 cm³/mol. The third kappa shape index (κ3) is 5.74. The smallest absolute Gasteiger partial charge is 0.164 e. The van der Waals surface area contributed by atoms with Crippen molar-refractivity contribution in [2.75, 3.05) is 0 Å². The van der Waals surface area contributed by atoms with Crippen LogP contribution in [0.25, 0.3) is 111 Å². The van der Waals surface area contributed by atoms with Crippen molar-refractivity contribution in [3.63, 3.8) is 0 Å². The van der Waals surface area contributed by atoms with Crippen LogP contribution >= 0.6 is 0 Å². The number of hydrogen-bond acceptors (Lipinski definition) is 4. The van der Waals surface area contributed by atoms with E-state index in [-0.39, 0.29) is 0 Å². The maximum Gasteiger partial charge on any atom is 0.164 e. The van der Waals surface area contributed by atoms with Crippen molar-refractivity contribution in [3.05, 3.63) is 200 Å². The fourth-order valence-corrected chi connectivity index (χ4v) is 8.21. The predicted octanol–water partition coefficient (Wildman–Crippen LogP) is 14.1. The van der Waals surface area contributed by atoms with Gasteiger partial charge in [-0.1, -0.05) is 176 Å². The van der Waals surface area contributed by atoms with Crippen LogP contribution in [0.2, 0.25) is 0 Å². The van der Waals surface area contributed by atoms with Crippen molar-refractivity contribution in [1.82, 2.24) is 15.0 Å². The van der Waals surface area contributed by atoms with Crippen LogP contribution in [0, 0.1) is 0 Å². The highest BCUT2D eigenvalue weighted by molar-refractivity contribution is 6.18. The number of aromatic nitrogens is 3. The summed E-state index contributed by atoms with van der Waals surface area (Å²) in [6.45, 7) is 0. The Labute approximate surface area is 329 Å². The molecule has 266 valence electrons. The molecule has 0 amide bonds. The Morgan fingerprint density at radius 2 is 0.772 bits per heavy atom. The van der Waals surface area contributed by atoms with Crippen molar-refractivity contribution >= 4 is 43.5 Å². The average molecular weight is 728 g/mol. The fourth-order valence-electron chi connectivity index (χ4n) is 8.21. The van der Waals surface area contributed by atoms with Gasteiger partial charge in [0.05, 0.1) is 0 Å². The summed E-state index contributed by atoms with van der Waals surface area (Å²) in [4.78, 5) is 15.4. The average Bonchev–Trinajstić information content (AvgIpc) is 3.66. The molecule has 0 saturated carbocycles. The lowest BCUT2D eigenvalue weighted by Crippen LogP contribution is -2.01. The molecule has 4 heteroatoms. The van der Waals surface area contributed by atoms with Crippen molar-refractivity contribution in [2.24, 2.45) is 0 Å². The molecule has 0 unspecified atom stereocenters. The molecule has 0 aliphatic rings. The highest BCUT2D eigenvalue weighted by Gasteiger charge is 2.19. The Morgan fingerprint density at radius 1 is 0.281 bits per heavy atom. The second-order valence-corrected chi connectivity index (χ2v) is 14.3. The topological polar surface area (TPSA) is 51.8 Å². The maximum atomic E-state index is 6.47. The number of rotatable bonds is 6. The molecule has 9 aromatic carbocycles. The van der Waals surface area contributed by atoms with Crippen LogP contribution in [-0.2, 0) is 0 Å². The standard InChI is InChI=1S/C53H33N3O/c1-3-14-34(15-4-1)40-20-9-10-21-41(40)35-26-28-37(29-27-35)52-54-51(36-16-5-2-6-17-36)55-53(56-52)46-31-30-44(42-22-11-12-23-43(42)46)45-24-13-25-48-50(45)47-32-38-18-7-8-19-39(38)33-49(47)57-48/h1-33H. The molecule has 0 bridgehead atoms. The monoisotopic (exact) mass is 727 g/mol. The van der Waals surface area contributed by atoms with E-state index in [0.29, 0.717) is 17.5 Å². The number of nitrogens with zero attached hydrogens (tertiary/aromatic N) is 3. The molecule has 0 saturated heterocycles. The maximum absolute atomic E-state index is 6.47. The van der Waals surface area contributed by atoms with E-state index in [9.17, 15) is 0 Å². The molecule has 0 radical (unpaired) electrons. The van der Waals surface area contributed by atoms with E-state index in [1.807, 2.05) is 30.3 Å². The summed E-state index contributed by atoms with van der Waals surface area (Å²) < 4.78 is 6.47. The molecule has 0 spiro atoms. The highest BCUT2D eigenvalue weighted by Crippen LogP contribution is 2.42. The Balaban J connectivity index is 1.06. The first-order valence-electron chi connectivity index (χ1n) is 19.2. The second kappa shape index (κ2) is 13.6. The summed E-state index contributed by atoms with van der Waals surface area (Å²) >= 11 is 0. The van der Waals surface area contributed by atoms with E-state index < -0.39 is 0 Å². The fraction of sp³-hybridized carbons (Fsp3) is 0. The summed E-state index contributed by atoms with van der Waals surface area (Å²) in [5.74, 6) is 1.87. The lowest BCUT2D eigenvalue weighted by Gasteiger charge is -2.14. The largest absolute Gasteiger partial charge is 0.456 e. The quantitative estimate of drug-likeness (QED) is 0.171. The van der Waals surface area contributed by atoms with Gasteiger partial charge in [-0.25, -0.2) is 15.0 Å². The molecule has 0 fully saturated rings. The zero-order valence-electron chi connectivity index (χ0n) is 30.8. The van der Waals surface area contributed by atoms with E-state index in [2.05, 4.69) is 170 Å². The number of furan rings is 1. The lowest BCUT2D eigenvalue weighted by atomic mass is 9.92. The Morgan fingerprint density at radius 3 is 1.47 bits per heavy atom. The molecule has 0 aliphatic carbocycles. The van der Waals surface area contributed by atoms with Crippen molar-refractivity contribution in [3.8, 4) is 67.5 Å². The summed E-state index contributed by atoms with van der Waals surface area (Å²) in [7, 11) is 0. The SMILES string of the molecule is c1ccc(-c2nc(-c3ccc(-c4ccccc4-c4ccccc4)cc3)nc(-c3ccc(-c4cccc5oc6cc7ccccc7cc6c45)c4ccccc34)n2)cc1. The number of fused-ring (bicyclic) bond motifs is 5. The number of hydrogen-bond donors (Lipinski definition) is 0. The van der Waals surface area contributed by atoms with Gasteiger partial charge in [0.2, 0.25) is 0 Å². The van der Waals surface area contributed by atoms with Crippen LogP contribution in [0.4, 0.5) is 0 Å². The van der Waals surface area contributed by atoms with Gasteiger partial charge >= 0.3 is 0 Å². The minimum Gasteiger partial charge on any atom is -0.456 e. The molecule has 4 nitrogen and oxygen atoms in total. The van der Waals surface area contributed by atoms with Gasteiger partial charge in [0, 0.05) is 27.5 Å². The highest BCUT2D eigenvalue weighted by atomic mass is 16.3. The molecule has 57 heavy (non-hydrogen) atoms. The first-order valence-corrected chi connectivity index (χ1v) is 19.2. The van der Waals surface area contributed by atoms with E-state index in [4.69, 9.17) is 19.4 Å². The molecule has 2 aromatic heterocycles. The van der Waals surface area contributed by atoms with Crippen molar-refractivity contribution in [1.29, 1.82) is 0 Å². The minimum atomic E-state index is 0.622. The first kappa shape index (κ1) is 32.7. The van der Waals surface area contributed by atoms with Gasteiger partial charge in [-0.05, 0) is 79.2 Å². The number of benzene rings is 9. The third-order valence-electron chi connectivity index (χ3n) is 11.0. The van der Waals surface area contributed by atoms with Gasteiger partial charge in [0.25, 0.3) is 0 Å². The molecule has 0 N–H and O–H groups in total. The molecular weight excluding hydrogens is 695 g/mol. The van der Waals surface area contributed by atoms with Crippen LogP contribution in [-0.4, -0.2) is 15.0 Å². The normalized spacial score (nSPS) is 11.5. The van der Waals surface area contributed by atoms with Gasteiger partial charge in [-0.2, -0.15) is 0 Å². The van der Waals surface area contributed by atoms with Crippen LogP contribution in [0.3, 0.4) is 0 Å². The Bertz CT molecular complexity index is 3280. The lowest BCUT2D eigenvalue weighted by molar-refractivity contribution is 0.669. The Kier molecular flexibility index (Phi) is 7.78. The molecule has 0 atom stereocenters. The van der Waals surface area contributed by atoms with Gasteiger partial charge in [-0.3, -0.25) is 0 Å². The summed E-state index contributed by atoms with van der Waals surface area (Å²) in [5, 5.41) is 6.75.